The lowest BCUT2D eigenvalue weighted by Gasteiger charge is -2.45. The van der Waals surface area contributed by atoms with Crippen LogP contribution in [0.15, 0.2) is 40.1 Å². The van der Waals surface area contributed by atoms with Gasteiger partial charge in [0.25, 0.3) is 5.56 Å². The van der Waals surface area contributed by atoms with Gasteiger partial charge in [0.2, 0.25) is 0 Å². The maximum absolute atomic E-state index is 14.1. The smallest absolute Gasteiger partial charge is 0.330 e. The molecule has 0 radical (unpaired) electrons. The van der Waals surface area contributed by atoms with E-state index in [1.807, 2.05) is 0 Å². The van der Waals surface area contributed by atoms with E-state index in [2.05, 4.69) is 72.7 Å². The predicted molar refractivity (Wildman–Crippen MR) is 154 cm³/mol. The zero-order chi connectivity index (χ0) is 28.9. The van der Waals surface area contributed by atoms with Crippen molar-refractivity contribution in [1.29, 1.82) is 0 Å². The molecule has 1 aliphatic rings. The molecule has 0 bridgehead atoms. The summed E-state index contributed by atoms with van der Waals surface area (Å²) in [6.45, 7) is 23.6. The van der Waals surface area contributed by atoms with Crippen molar-refractivity contribution < 1.29 is 18.0 Å². The van der Waals surface area contributed by atoms with E-state index in [0.29, 0.717) is 12.0 Å². The van der Waals surface area contributed by atoms with Crippen molar-refractivity contribution in [2.45, 2.75) is 109 Å². The Morgan fingerprint density at radius 2 is 1.58 bits per heavy atom. The molecule has 1 aromatic carbocycles. The van der Waals surface area contributed by atoms with Crippen LogP contribution in [-0.2, 0) is 19.2 Å². The van der Waals surface area contributed by atoms with Crippen LogP contribution in [0.3, 0.4) is 0 Å². The highest BCUT2D eigenvalue weighted by Crippen LogP contribution is 2.50. The Morgan fingerprint density at radius 3 is 2.11 bits per heavy atom. The number of hydrogen-bond donors (Lipinski definition) is 1. The van der Waals surface area contributed by atoms with Gasteiger partial charge in [-0.25, -0.2) is 9.18 Å². The summed E-state index contributed by atoms with van der Waals surface area (Å²) < 4.78 is 36.1. The van der Waals surface area contributed by atoms with Crippen LogP contribution >= 0.6 is 0 Å². The second-order valence-electron chi connectivity index (χ2n) is 13.6. The number of aromatic nitrogens is 2. The number of aryl methyl sites for hydroxylation is 1. The van der Waals surface area contributed by atoms with Crippen molar-refractivity contribution in [3.05, 3.63) is 68.2 Å². The highest BCUT2D eigenvalue weighted by atomic mass is 28.4. The molecule has 1 N–H and O–H groups in total. The number of benzene rings is 1. The fraction of sp³-hybridized carbons (Fsp3) is 0.643. The third kappa shape index (κ3) is 5.99. The number of rotatable bonds is 7. The normalized spacial score (nSPS) is 23.2. The Kier molecular flexibility index (Phi) is 8.30. The fourth-order valence-corrected chi connectivity index (χ4v) is 6.45. The Morgan fingerprint density at radius 1 is 1.03 bits per heavy atom. The molecule has 3 atom stereocenters. The Hall–Kier alpha value is -1.86. The van der Waals surface area contributed by atoms with E-state index in [1.165, 1.54) is 22.9 Å². The molecule has 1 aromatic heterocycles. The molecule has 3 rings (SSSR count). The molecular weight excluding hydrogens is 519 g/mol. The Balaban J connectivity index is 2.20. The average molecular weight is 565 g/mol. The minimum absolute atomic E-state index is 0.0439. The molecule has 7 nitrogen and oxygen atoms in total. The van der Waals surface area contributed by atoms with Crippen molar-refractivity contribution in [2.24, 2.45) is 0 Å². The van der Waals surface area contributed by atoms with E-state index in [1.54, 1.807) is 19.1 Å². The van der Waals surface area contributed by atoms with Crippen LogP contribution in [0, 0.1) is 12.7 Å². The maximum atomic E-state index is 14.1. The molecule has 1 fully saturated rings. The first-order valence-corrected chi connectivity index (χ1v) is 19.1. The van der Waals surface area contributed by atoms with Gasteiger partial charge in [0.05, 0.1) is 12.7 Å². The lowest BCUT2D eigenvalue weighted by molar-refractivity contribution is -0.129. The highest BCUT2D eigenvalue weighted by Gasteiger charge is 2.56. The summed E-state index contributed by atoms with van der Waals surface area (Å²) in [4.78, 5) is 27.4. The molecule has 38 heavy (non-hydrogen) atoms. The number of ether oxygens (including phenoxy) is 1. The predicted octanol–water partition coefficient (Wildman–Crippen LogP) is 6.21. The lowest BCUT2D eigenvalue weighted by atomic mass is 9.89. The topological polar surface area (TPSA) is 82.6 Å². The molecule has 1 saturated heterocycles. The van der Waals surface area contributed by atoms with Gasteiger partial charge in [-0.15, -0.1) is 0 Å². The van der Waals surface area contributed by atoms with Crippen molar-refractivity contribution in [1.82, 2.24) is 9.55 Å². The van der Waals surface area contributed by atoms with Crippen LogP contribution in [0.25, 0.3) is 0 Å². The van der Waals surface area contributed by atoms with Gasteiger partial charge >= 0.3 is 5.69 Å². The average Bonchev–Trinajstić information content (AvgIpc) is 3.12. The molecule has 10 heteroatoms. The number of halogens is 1. The van der Waals surface area contributed by atoms with E-state index < -0.39 is 45.8 Å². The summed E-state index contributed by atoms with van der Waals surface area (Å²) in [6.07, 6.45) is 0.726. The van der Waals surface area contributed by atoms with Crippen LogP contribution in [-0.4, -0.2) is 38.9 Å². The largest absolute Gasteiger partial charge is 0.413 e. The number of nitrogens with one attached hydrogen (secondary N) is 1. The minimum atomic E-state index is -2.32. The summed E-state index contributed by atoms with van der Waals surface area (Å²) in [7, 11) is -4.55. The van der Waals surface area contributed by atoms with Crippen LogP contribution in [0.1, 0.15) is 65.3 Å². The van der Waals surface area contributed by atoms with Crippen molar-refractivity contribution in [3.63, 3.8) is 0 Å². The van der Waals surface area contributed by atoms with Crippen LogP contribution in [0.5, 0.6) is 0 Å². The van der Waals surface area contributed by atoms with Gasteiger partial charge in [-0.3, -0.25) is 14.3 Å². The van der Waals surface area contributed by atoms with E-state index >= 15 is 0 Å². The SMILES string of the molecule is Cc1cn([C@H]2C[C@@H](O[Si](C)(C)C(C)(C)C)[C@](CO[Si](C)(C)C(C)(C)C)(c3ccc(F)cc3)O2)c(=O)[nH]c1=O. The van der Waals surface area contributed by atoms with Crippen molar-refractivity contribution in [2.75, 3.05) is 6.61 Å². The number of aromatic amines is 1. The summed E-state index contributed by atoms with van der Waals surface area (Å²) in [6, 6.07) is 6.27. The van der Waals surface area contributed by atoms with Crippen LogP contribution in [0.2, 0.25) is 36.3 Å². The summed E-state index contributed by atoms with van der Waals surface area (Å²) in [5, 5.41) is -0.122. The molecular formula is C28H45FN2O5Si2. The van der Waals surface area contributed by atoms with Gasteiger partial charge in [-0.2, -0.15) is 0 Å². The zero-order valence-corrected chi connectivity index (χ0v) is 26.8. The lowest BCUT2D eigenvalue weighted by Crippen LogP contribution is -2.53. The number of hydrogen-bond acceptors (Lipinski definition) is 5. The van der Waals surface area contributed by atoms with Gasteiger partial charge in [-0.05, 0) is 60.9 Å². The summed E-state index contributed by atoms with van der Waals surface area (Å²) in [5.74, 6) is -0.349. The van der Waals surface area contributed by atoms with E-state index in [9.17, 15) is 14.0 Å². The van der Waals surface area contributed by atoms with Crippen molar-refractivity contribution in [3.8, 4) is 0 Å². The molecule has 0 spiro atoms. The maximum Gasteiger partial charge on any atom is 0.330 e. The Bertz CT molecular complexity index is 1260. The fourth-order valence-electron chi connectivity index (χ4n) is 4.09. The van der Waals surface area contributed by atoms with Crippen molar-refractivity contribution >= 4 is 16.6 Å². The first-order chi connectivity index (χ1) is 17.2. The second-order valence-corrected chi connectivity index (χ2v) is 23.2. The third-order valence-electron chi connectivity index (χ3n) is 8.77. The minimum Gasteiger partial charge on any atom is -0.413 e. The molecule has 0 unspecified atom stereocenters. The van der Waals surface area contributed by atoms with Gasteiger partial charge in [0.15, 0.2) is 16.6 Å². The standard InChI is InChI=1S/C28H45FN2O5Si2/c1-19-17-31(25(33)30-24(19)32)23-16-22(36-38(10,11)27(5,6)7)28(35-23,20-12-14-21(29)15-13-20)18-34-37(8,9)26(2,3)4/h12-15,17,22-23H,16,18H2,1-11H3,(H,30,32,33)/t22-,23-,28+/m1/s1. The van der Waals surface area contributed by atoms with Gasteiger partial charge < -0.3 is 13.6 Å². The number of H-pyrrole nitrogens is 1. The molecule has 1 aliphatic heterocycles. The van der Waals surface area contributed by atoms with Crippen LogP contribution in [0.4, 0.5) is 4.39 Å². The van der Waals surface area contributed by atoms with Crippen LogP contribution < -0.4 is 11.2 Å². The van der Waals surface area contributed by atoms with E-state index in [-0.39, 0.29) is 22.5 Å². The molecule has 212 valence electrons. The summed E-state index contributed by atoms with van der Waals surface area (Å²) >= 11 is 0. The van der Waals surface area contributed by atoms with Gasteiger partial charge in [0.1, 0.15) is 17.6 Å². The molecule has 2 heterocycles. The summed E-state index contributed by atoms with van der Waals surface area (Å²) in [5.41, 5.74) is -0.918. The zero-order valence-electron chi connectivity index (χ0n) is 24.8. The van der Waals surface area contributed by atoms with E-state index in [0.717, 1.165) is 5.56 Å². The van der Waals surface area contributed by atoms with Gasteiger partial charge in [0, 0.05) is 18.2 Å². The molecule has 2 aromatic rings. The first kappa shape index (κ1) is 30.7. The number of nitrogens with zero attached hydrogens (tertiary/aromatic N) is 1. The first-order valence-electron chi connectivity index (χ1n) is 13.3. The molecule has 0 aliphatic carbocycles. The van der Waals surface area contributed by atoms with E-state index in [4.69, 9.17) is 13.6 Å². The quantitative estimate of drug-likeness (QED) is 0.404. The molecule has 0 amide bonds. The van der Waals surface area contributed by atoms with Gasteiger partial charge in [-0.1, -0.05) is 53.7 Å². The second kappa shape index (κ2) is 10.3. The highest BCUT2D eigenvalue weighted by molar-refractivity contribution is 6.74. The third-order valence-corrected chi connectivity index (χ3v) is 17.7. The monoisotopic (exact) mass is 564 g/mol. The molecule has 0 saturated carbocycles. The Labute approximate surface area is 228 Å².